The Balaban J connectivity index is 3.03. The first kappa shape index (κ1) is 9.54. The van der Waals surface area contributed by atoms with Crippen LogP contribution in [0.5, 0.6) is 5.75 Å². The Morgan fingerprint density at radius 1 is 1.46 bits per heavy atom. The number of phenolic OH excluding ortho intramolecular Hbond substituents is 1. The summed E-state index contributed by atoms with van der Waals surface area (Å²) in [6, 6.07) is 4.26. The van der Waals surface area contributed by atoms with Gasteiger partial charge in [-0.15, -0.1) is 0 Å². The molecule has 0 saturated carbocycles. The quantitative estimate of drug-likeness (QED) is 0.632. The first-order chi connectivity index (χ1) is 6.02. The summed E-state index contributed by atoms with van der Waals surface area (Å²) < 4.78 is 0. The van der Waals surface area contributed by atoms with E-state index in [0.29, 0.717) is 5.56 Å². The molecule has 0 saturated heterocycles. The molecule has 1 aromatic rings. The van der Waals surface area contributed by atoms with Crippen molar-refractivity contribution in [3.8, 4) is 5.75 Å². The highest BCUT2D eigenvalue weighted by Gasteiger charge is 2.16. The number of aromatic hydroxyl groups is 1. The van der Waals surface area contributed by atoms with Gasteiger partial charge >= 0.3 is 5.97 Å². The largest absolute Gasteiger partial charge is 0.508 e. The molecule has 0 aliphatic rings. The van der Waals surface area contributed by atoms with E-state index in [1.165, 1.54) is 12.1 Å². The van der Waals surface area contributed by atoms with Crippen molar-refractivity contribution in [3.05, 3.63) is 29.3 Å². The minimum atomic E-state index is -1.58. The smallest absolute Gasteiger partial charge is 0.337 e. The highest BCUT2D eigenvalue weighted by molar-refractivity contribution is 5.74. The summed E-state index contributed by atoms with van der Waals surface area (Å²) in [5.74, 6) is -1.35. The first-order valence-corrected chi connectivity index (χ1v) is 3.72. The molecule has 4 nitrogen and oxygen atoms in total. The van der Waals surface area contributed by atoms with Gasteiger partial charge in [0.1, 0.15) is 5.75 Å². The molecule has 0 radical (unpaired) electrons. The number of carboxylic acid groups (broad SMARTS) is 1. The predicted molar refractivity (Wildman–Crippen MR) is 45.4 cm³/mol. The predicted octanol–water partition coefficient (Wildman–Crippen LogP) is 0.819. The van der Waals surface area contributed by atoms with Crippen LogP contribution in [0.25, 0.3) is 0 Å². The highest BCUT2D eigenvalue weighted by Crippen LogP contribution is 2.21. The molecule has 4 heteroatoms. The summed E-state index contributed by atoms with van der Waals surface area (Å²) >= 11 is 0. The van der Waals surface area contributed by atoms with Crippen LogP contribution in [0.2, 0.25) is 0 Å². The molecule has 0 aliphatic heterocycles. The first-order valence-electron chi connectivity index (χ1n) is 3.72. The summed E-state index contributed by atoms with van der Waals surface area (Å²) in [6.07, 6.45) is -1.58. The van der Waals surface area contributed by atoms with Gasteiger partial charge in [0.25, 0.3) is 0 Å². The topological polar surface area (TPSA) is 77.8 Å². The third-order valence-corrected chi connectivity index (χ3v) is 1.78. The van der Waals surface area contributed by atoms with Crippen molar-refractivity contribution < 1.29 is 20.1 Å². The van der Waals surface area contributed by atoms with Crippen molar-refractivity contribution in [2.75, 3.05) is 0 Å². The van der Waals surface area contributed by atoms with Crippen molar-refractivity contribution in [1.82, 2.24) is 0 Å². The van der Waals surface area contributed by atoms with Crippen LogP contribution in [0.4, 0.5) is 0 Å². The van der Waals surface area contributed by atoms with Crippen LogP contribution in [0.1, 0.15) is 17.2 Å². The monoisotopic (exact) mass is 182 g/mol. The zero-order chi connectivity index (χ0) is 10.0. The summed E-state index contributed by atoms with van der Waals surface area (Å²) in [5.41, 5.74) is 0.817. The Morgan fingerprint density at radius 2 is 2.08 bits per heavy atom. The van der Waals surface area contributed by atoms with Gasteiger partial charge in [-0.2, -0.15) is 0 Å². The molecule has 1 unspecified atom stereocenters. The van der Waals surface area contributed by atoms with Gasteiger partial charge in [-0.1, -0.05) is 12.1 Å². The minimum absolute atomic E-state index is 0.0159. The number of aryl methyl sites for hydroxylation is 1. The summed E-state index contributed by atoms with van der Waals surface area (Å²) in [7, 11) is 0. The van der Waals surface area contributed by atoms with E-state index < -0.39 is 12.1 Å². The van der Waals surface area contributed by atoms with Crippen LogP contribution in [-0.2, 0) is 4.79 Å². The zero-order valence-electron chi connectivity index (χ0n) is 7.06. The normalized spacial score (nSPS) is 12.5. The van der Waals surface area contributed by atoms with E-state index in [1.807, 2.05) is 0 Å². The molecule has 0 amide bonds. The van der Waals surface area contributed by atoms with E-state index in [0.717, 1.165) is 0 Å². The fraction of sp³-hybridized carbons (Fsp3) is 0.222. The number of aliphatic hydroxyl groups excluding tert-OH is 1. The molecule has 13 heavy (non-hydrogen) atoms. The van der Waals surface area contributed by atoms with Crippen LogP contribution in [0, 0.1) is 6.92 Å². The number of aliphatic carboxylic acids is 1. The second-order valence-electron chi connectivity index (χ2n) is 2.79. The minimum Gasteiger partial charge on any atom is -0.508 e. The van der Waals surface area contributed by atoms with E-state index in [9.17, 15) is 9.90 Å². The molecule has 70 valence electrons. The Hall–Kier alpha value is -1.55. The molecular weight excluding hydrogens is 172 g/mol. The molecule has 1 rings (SSSR count). The molecular formula is C9H10O4. The summed E-state index contributed by atoms with van der Waals surface area (Å²) in [4.78, 5) is 10.4. The molecule has 1 atom stereocenters. The lowest BCUT2D eigenvalue weighted by Crippen LogP contribution is -2.10. The van der Waals surface area contributed by atoms with Crippen LogP contribution in [-0.4, -0.2) is 21.3 Å². The SMILES string of the molecule is Cc1ccc(C(O)C(=O)O)cc1O. The molecule has 0 aliphatic carbocycles. The van der Waals surface area contributed by atoms with E-state index in [4.69, 9.17) is 10.2 Å². The second kappa shape index (κ2) is 3.45. The van der Waals surface area contributed by atoms with E-state index >= 15 is 0 Å². The number of carboxylic acids is 1. The Morgan fingerprint density at radius 3 is 2.54 bits per heavy atom. The molecule has 3 N–H and O–H groups in total. The van der Waals surface area contributed by atoms with Gasteiger partial charge in [-0.05, 0) is 24.1 Å². The summed E-state index contributed by atoms with van der Waals surface area (Å²) in [5, 5.41) is 26.8. The fourth-order valence-corrected chi connectivity index (χ4v) is 0.939. The van der Waals surface area contributed by atoms with Crippen molar-refractivity contribution in [1.29, 1.82) is 0 Å². The second-order valence-corrected chi connectivity index (χ2v) is 2.79. The van der Waals surface area contributed by atoms with E-state index in [2.05, 4.69) is 0 Å². The number of hydrogen-bond acceptors (Lipinski definition) is 3. The van der Waals surface area contributed by atoms with Crippen LogP contribution >= 0.6 is 0 Å². The molecule has 0 spiro atoms. The van der Waals surface area contributed by atoms with Crippen LogP contribution in [0.15, 0.2) is 18.2 Å². The van der Waals surface area contributed by atoms with Crippen LogP contribution in [0.3, 0.4) is 0 Å². The number of aliphatic hydroxyl groups is 1. The Labute approximate surface area is 75.1 Å². The fourth-order valence-electron chi connectivity index (χ4n) is 0.939. The van der Waals surface area contributed by atoms with Gasteiger partial charge in [0.15, 0.2) is 6.10 Å². The molecule has 0 bridgehead atoms. The van der Waals surface area contributed by atoms with Crippen molar-refractivity contribution in [2.24, 2.45) is 0 Å². The number of benzene rings is 1. The van der Waals surface area contributed by atoms with Gasteiger partial charge < -0.3 is 15.3 Å². The third-order valence-electron chi connectivity index (χ3n) is 1.78. The number of hydrogen-bond donors (Lipinski definition) is 3. The maximum atomic E-state index is 10.4. The Kier molecular flexibility index (Phi) is 2.53. The van der Waals surface area contributed by atoms with Gasteiger partial charge in [0.05, 0.1) is 0 Å². The average molecular weight is 182 g/mol. The highest BCUT2D eigenvalue weighted by atomic mass is 16.4. The zero-order valence-corrected chi connectivity index (χ0v) is 7.06. The van der Waals surface area contributed by atoms with Crippen LogP contribution < -0.4 is 0 Å². The van der Waals surface area contributed by atoms with E-state index in [-0.39, 0.29) is 11.3 Å². The average Bonchev–Trinajstić information content (AvgIpc) is 2.08. The lowest BCUT2D eigenvalue weighted by Gasteiger charge is -2.06. The standard InChI is InChI=1S/C9H10O4/c1-5-2-3-6(4-7(5)10)8(11)9(12)13/h2-4,8,10-11H,1H3,(H,12,13). The lowest BCUT2D eigenvalue weighted by molar-refractivity contribution is -0.146. The van der Waals surface area contributed by atoms with Gasteiger partial charge in [0, 0.05) is 0 Å². The molecule has 0 heterocycles. The molecule has 0 aromatic heterocycles. The lowest BCUT2D eigenvalue weighted by atomic mass is 10.1. The van der Waals surface area contributed by atoms with Gasteiger partial charge in [-0.25, -0.2) is 4.79 Å². The maximum absolute atomic E-state index is 10.4. The Bertz CT molecular complexity index is 332. The van der Waals surface area contributed by atoms with Crippen molar-refractivity contribution in [2.45, 2.75) is 13.0 Å². The number of rotatable bonds is 2. The summed E-state index contributed by atoms with van der Waals surface area (Å²) in [6.45, 7) is 1.69. The molecule has 1 aromatic carbocycles. The van der Waals surface area contributed by atoms with Gasteiger partial charge in [-0.3, -0.25) is 0 Å². The van der Waals surface area contributed by atoms with E-state index in [1.54, 1.807) is 13.0 Å². The van der Waals surface area contributed by atoms with Gasteiger partial charge in [0.2, 0.25) is 0 Å². The third kappa shape index (κ3) is 1.97. The van der Waals surface area contributed by atoms with Crippen molar-refractivity contribution in [3.63, 3.8) is 0 Å². The van der Waals surface area contributed by atoms with Crippen molar-refractivity contribution >= 4 is 5.97 Å². The number of carbonyl (C=O) groups is 1. The molecule has 0 fully saturated rings. The maximum Gasteiger partial charge on any atom is 0.337 e. The number of phenols is 1.